The molecule has 1 aliphatic carbocycles. The zero-order valence-electron chi connectivity index (χ0n) is 16.7. The van der Waals surface area contributed by atoms with Gasteiger partial charge in [-0.1, -0.05) is 30.3 Å². The average Bonchev–Trinajstić information content (AvgIpc) is 2.70. The fourth-order valence-electron chi connectivity index (χ4n) is 4.11. The Kier molecular flexibility index (Phi) is 4.77. The van der Waals surface area contributed by atoms with Crippen molar-refractivity contribution in [2.24, 2.45) is 10.7 Å². The zero-order chi connectivity index (χ0) is 19.8. The molecule has 0 amide bonds. The number of benzene rings is 2. The summed E-state index contributed by atoms with van der Waals surface area (Å²) in [5.74, 6) is -0.0315. The number of aliphatic imine (C=N–C) groups is 1. The fraction of sp³-hybridized carbons (Fsp3) is 0.304. The minimum atomic E-state index is -0.0315. The number of nitrogens with zero attached hydrogens (tertiary/aromatic N) is 3. The molecule has 144 valence electrons. The Labute approximate surface area is 166 Å². The Morgan fingerprint density at radius 3 is 2.29 bits per heavy atom. The maximum atomic E-state index is 13.3. The zero-order valence-corrected chi connectivity index (χ0v) is 16.7. The summed E-state index contributed by atoms with van der Waals surface area (Å²) in [4.78, 5) is 22.4. The SMILES string of the molecule is CN=C1C(N)=C(c2ccc(N3CCN(C)CC3)cc2C)C(=O)c2ccccc21. The second-order valence-corrected chi connectivity index (χ2v) is 7.53. The van der Waals surface area contributed by atoms with Gasteiger partial charge in [0.05, 0.1) is 17.0 Å². The van der Waals surface area contributed by atoms with Crippen LogP contribution in [0.5, 0.6) is 0 Å². The number of hydrogen-bond donors (Lipinski definition) is 1. The van der Waals surface area contributed by atoms with Crippen molar-refractivity contribution in [2.75, 3.05) is 45.2 Å². The van der Waals surface area contributed by atoms with E-state index >= 15 is 0 Å². The van der Waals surface area contributed by atoms with E-state index in [9.17, 15) is 4.79 Å². The first-order valence-corrected chi connectivity index (χ1v) is 9.66. The van der Waals surface area contributed by atoms with E-state index in [0.29, 0.717) is 22.5 Å². The largest absolute Gasteiger partial charge is 0.396 e. The Morgan fingerprint density at radius 1 is 0.964 bits per heavy atom. The van der Waals surface area contributed by atoms with Crippen LogP contribution in [0.25, 0.3) is 5.57 Å². The summed E-state index contributed by atoms with van der Waals surface area (Å²) in [6, 6.07) is 13.8. The van der Waals surface area contributed by atoms with Gasteiger partial charge in [0.1, 0.15) is 0 Å². The molecule has 2 aliphatic rings. The van der Waals surface area contributed by atoms with Crippen molar-refractivity contribution >= 4 is 22.8 Å². The number of nitrogens with two attached hydrogens (primary N) is 1. The van der Waals surface area contributed by atoms with Crippen molar-refractivity contribution in [3.05, 3.63) is 70.4 Å². The fourth-order valence-corrected chi connectivity index (χ4v) is 4.11. The van der Waals surface area contributed by atoms with Crippen LogP contribution in [-0.2, 0) is 0 Å². The van der Waals surface area contributed by atoms with Crippen LogP contribution < -0.4 is 10.6 Å². The van der Waals surface area contributed by atoms with E-state index in [-0.39, 0.29) is 5.78 Å². The molecule has 2 aromatic rings. The molecular weight excluding hydrogens is 348 g/mol. The second-order valence-electron chi connectivity index (χ2n) is 7.53. The molecule has 4 rings (SSSR count). The molecule has 0 bridgehead atoms. The van der Waals surface area contributed by atoms with Gasteiger partial charge in [0.15, 0.2) is 5.78 Å². The molecule has 0 unspecified atom stereocenters. The highest BCUT2D eigenvalue weighted by Crippen LogP contribution is 2.33. The van der Waals surface area contributed by atoms with Crippen LogP contribution in [0.2, 0.25) is 0 Å². The lowest BCUT2D eigenvalue weighted by atomic mass is 9.82. The normalized spacial score (nSPS) is 19.3. The molecule has 1 fully saturated rings. The first-order chi connectivity index (χ1) is 13.5. The number of ketones is 1. The molecule has 0 spiro atoms. The number of rotatable bonds is 2. The minimum Gasteiger partial charge on any atom is -0.396 e. The van der Waals surface area contributed by atoms with Gasteiger partial charge >= 0.3 is 0 Å². The van der Waals surface area contributed by atoms with Gasteiger partial charge in [-0.2, -0.15) is 0 Å². The van der Waals surface area contributed by atoms with Crippen LogP contribution >= 0.6 is 0 Å². The molecule has 0 atom stereocenters. The van der Waals surface area contributed by atoms with Gasteiger partial charge in [-0.3, -0.25) is 9.79 Å². The van der Waals surface area contributed by atoms with Crippen molar-refractivity contribution in [3.63, 3.8) is 0 Å². The Balaban J connectivity index is 1.75. The Bertz CT molecular complexity index is 997. The lowest BCUT2D eigenvalue weighted by Crippen LogP contribution is -2.44. The third kappa shape index (κ3) is 3.02. The van der Waals surface area contributed by atoms with Crippen LogP contribution in [0.4, 0.5) is 5.69 Å². The summed E-state index contributed by atoms with van der Waals surface area (Å²) in [5, 5.41) is 0. The maximum absolute atomic E-state index is 13.3. The summed E-state index contributed by atoms with van der Waals surface area (Å²) >= 11 is 0. The summed E-state index contributed by atoms with van der Waals surface area (Å²) in [6.07, 6.45) is 0. The molecule has 28 heavy (non-hydrogen) atoms. The van der Waals surface area contributed by atoms with E-state index in [4.69, 9.17) is 5.73 Å². The molecule has 5 nitrogen and oxygen atoms in total. The van der Waals surface area contributed by atoms with Crippen LogP contribution in [0.15, 0.2) is 53.2 Å². The van der Waals surface area contributed by atoms with Crippen LogP contribution in [-0.4, -0.2) is 56.7 Å². The highest BCUT2D eigenvalue weighted by atomic mass is 16.1. The smallest absolute Gasteiger partial charge is 0.196 e. The summed E-state index contributed by atoms with van der Waals surface area (Å²) < 4.78 is 0. The first kappa shape index (κ1) is 18.4. The number of carbonyl (C=O) groups is 1. The van der Waals surface area contributed by atoms with Gasteiger partial charge in [-0.25, -0.2) is 0 Å². The highest BCUT2D eigenvalue weighted by molar-refractivity contribution is 6.41. The number of Topliss-reactive ketones (excluding diaryl/α,β-unsaturated/α-hetero) is 1. The molecule has 0 aromatic heterocycles. The van der Waals surface area contributed by atoms with E-state index in [1.165, 1.54) is 5.69 Å². The summed E-state index contributed by atoms with van der Waals surface area (Å²) in [5.41, 5.74) is 12.8. The molecule has 0 saturated carbocycles. The highest BCUT2D eigenvalue weighted by Gasteiger charge is 2.30. The molecule has 5 heteroatoms. The van der Waals surface area contributed by atoms with Gasteiger partial charge in [0, 0.05) is 50.0 Å². The van der Waals surface area contributed by atoms with Gasteiger partial charge in [0.25, 0.3) is 0 Å². The quantitative estimate of drug-likeness (QED) is 0.878. The molecule has 2 aromatic carbocycles. The van der Waals surface area contributed by atoms with E-state index in [1.54, 1.807) is 7.05 Å². The number of hydrogen-bond acceptors (Lipinski definition) is 5. The van der Waals surface area contributed by atoms with Crippen molar-refractivity contribution in [1.29, 1.82) is 0 Å². The van der Waals surface area contributed by atoms with Crippen molar-refractivity contribution in [3.8, 4) is 0 Å². The van der Waals surface area contributed by atoms with Gasteiger partial charge in [0.2, 0.25) is 0 Å². The lowest BCUT2D eigenvalue weighted by molar-refractivity contribution is 0.105. The molecule has 1 saturated heterocycles. The molecular formula is C23H26N4O. The van der Waals surface area contributed by atoms with Crippen molar-refractivity contribution < 1.29 is 4.79 Å². The molecule has 2 N–H and O–H groups in total. The van der Waals surface area contributed by atoms with E-state index in [0.717, 1.165) is 42.9 Å². The Morgan fingerprint density at radius 2 is 1.64 bits per heavy atom. The second kappa shape index (κ2) is 7.24. The van der Waals surface area contributed by atoms with E-state index in [1.807, 2.05) is 37.3 Å². The number of carbonyl (C=O) groups excluding carboxylic acids is 1. The summed E-state index contributed by atoms with van der Waals surface area (Å²) in [7, 11) is 3.87. The maximum Gasteiger partial charge on any atom is 0.196 e. The minimum absolute atomic E-state index is 0.0315. The predicted octanol–water partition coefficient (Wildman–Crippen LogP) is 2.73. The van der Waals surface area contributed by atoms with E-state index < -0.39 is 0 Å². The number of fused-ring (bicyclic) bond motifs is 1. The monoisotopic (exact) mass is 374 g/mol. The number of piperazine rings is 1. The standard InChI is InChI=1S/C23H26N4O/c1-15-14-16(27-12-10-26(3)11-13-27)8-9-17(15)20-21(24)22(25-2)18-6-4-5-7-19(18)23(20)28/h4-9,14H,10-13,24H2,1-3H3. The van der Waals surface area contributed by atoms with Gasteiger partial charge < -0.3 is 15.5 Å². The van der Waals surface area contributed by atoms with E-state index in [2.05, 4.69) is 34.0 Å². The molecule has 1 heterocycles. The Hall–Kier alpha value is -2.92. The molecule has 1 aliphatic heterocycles. The predicted molar refractivity (Wildman–Crippen MR) is 115 cm³/mol. The topological polar surface area (TPSA) is 61.9 Å². The first-order valence-electron chi connectivity index (χ1n) is 9.66. The van der Waals surface area contributed by atoms with Crippen LogP contribution in [0.3, 0.4) is 0 Å². The summed E-state index contributed by atoms with van der Waals surface area (Å²) in [6.45, 7) is 6.19. The van der Waals surface area contributed by atoms with Gasteiger partial charge in [-0.05, 0) is 37.2 Å². The third-order valence-corrected chi connectivity index (χ3v) is 5.75. The average molecular weight is 374 g/mol. The van der Waals surface area contributed by atoms with Gasteiger partial charge in [-0.15, -0.1) is 0 Å². The number of anilines is 1. The van der Waals surface area contributed by atoms with Crippen molar-refractivity contribution in [1.82, 2.24) is 4.90 Å². The van der Waals surface area contributed by atoms with Crippen molar-refractivity contribution in [2.45, 2.75) is 6.92 Å². The van der Waals surface area contributed by atoms with Crippen LogP contribution in [0.1, 0.15) is 27.0 Å². The number of likely N-dealkylation sites (N-methyl/N-ethyl adjacent to an activating group) is 1. The van der Waals surface area contributed by atoms with Crippen LogP contribution in [0, 0.1) is 6.92 Å². The number of aryl methyl sites for hydroxylation is 1. The number of allylic oxidation sites excluding steroid dienone is 2. The lowest BCUT2D eigenvalue weighted by Gasteiger charge is -2.34. The third-order valence-electron chi connectivity index (χ3n) is 5.75. The molecule has 0 radical (unpaired) electrons.